The van der Waals surface area contributed by atoms with Crippen LogP contribution in [-0.2, 0) is 9.59 Å². The Morgan fingerprint density at radius 1 is 1.67 bits per heavy atom. The van der Waals surface area contributed by atoms with Gasteiger partial charge < -0.3 is 21.1 Å². The standard InChI is InChI=1S/C9H17N3O3/c10-7-2-1-4-12(9(7)15)6-8(14)11-3-5-13/h7,13H,1-6,10H2,(H,11,14)/t7-/m1/s1. The zero-order chi connectivity index (χ0) is 11.3. The first kappa shape index (κ1) is 11.9. The molecule has 15 heavy (non-hydrogen) atoms. The molecule has 1 heterocycles. The molecule has 1 rings (SSSR count). The van der Waals surface area contributed by atoms with E-state index < -0.39 is 6.04 Å². The number of hydrogen-bond acceptors (Lipinski definition) is 4. The summed E-state index contributed by atoms with van der Waals surface area (Å²) in [6.45, 7) is 0.734. The summed E-state index contributed by atoms with van der Waals surface area (Å²) in [4.78, 5) is 24.2. The summed E-state index contributed by atoms with van der Waals surface area (Å²) in [5.41, 5.74) is 5.58. The molecule has 86 valence electrons. The Hall–Kier alpha value is -1.14. The Labute approximate surface area is 88.4 Å². The highest BCUT2D eigenvalue weighted by molar-refractivity contribution is 5.87. The summed E-state index contributed by atoms with van der Waals surface area (Å²) < 4.78 is 0. The van der Waals surface area contributed by atoms with Gasteiger partial charge in [0.15, 0.2) is 0 Å². The lowest BCUT2D eigenvalue weighted by Crippen LogP contribution is -2.51. The number of aliphatic hydroxyl groups is 1. The number of carbonyl (C=O) groups excluding carboxylic acids is 2. The minimum Gasteiger partial charge on any atom is -0.395 e. The minimum atomic E-state index is -0.468. The summed E-state index contributed by atoms with van der Waals surface area (Å²) >= 11 is 0. The lowest BCUT2D eigenvalue weighted by Gasteiger charge is -2.29. The van der Waals surface area contributed by atoms with Crippen molar-refractivity contribution in [1.82, 2.24) is 10.2 Å². The van der Waals surface area contributed by atoms with E-state index in [1.165, 1.54) is 4.90 Å². The van der Waals surface area contributed by atoms with Crippen molar-refractivity contribution in [3.63, 3.8) is 0 Å². The molecule has 6 heteroatoms. The van der Waals surface area contributed by atoms with Crippen LogP contribution in [0.2, 0.25) is 0 Å². The molecule has 1 saturated heterocycles. The quantitative estimate of drug-likeness (QED) is 0.507. The maximum atomic E-state index is 11.5. The van der Waals surface area contributed by atoms with E-state index in [1.807, 2.05) is 0 Å². The number of nitrogens with two attached hydrogens (primary N) is 1. The van der Waals surface area contributed by atoms with Crippen LogP contribution in [-0.4, -0.2) is 54.1 Å². The first-order valence-electron chi connectivity index (χ1n) is 5.07. The number of carbonyl (C=O) groups is 2. The monoisotopic (exact) mass is 215 g/mol. The summed E-state index contributed by atoms with van der Waals surface area (Å²) in [6, 6.07) is -0.468. The second-order valence-electron chi connectivity index (χ2n) is 3.58. The van der Waals surface area contributed by atoms with Crippen molar-refractivity contribution in [2.24, 2.45) is 5.73 Å². The Morgan fingerprint density at radius 2 is 2.40 bits per heavy atom. The van der Waals surface area contributed by atoms with Gasteiger partial charge in [-0.15, -0.1) is 0 Å². The Bertz CT molecular complexity index is 245. The molecule has 0 radical (unpaired) electrons. The molecular weight excluding hydrogens is 198 g/mol. The van der Waals surface area contributed by atoms with Gasteiger partial charge in [0.2, 0.25) is 11.8 Å². The van der Waals surface area contributed by atoms with Gasteiger partial charge in [0.25, 0.3) is 0 Å². The molecular formula is C9H17N3O3. The van der Waals surface area contributed by atoms with Crippen molar-refractivity contribution in [3.8, 4) is 0 Å². The van der Waals surface area contributed by atoms with Gasteiger partial charge in [0, 0.05) is 13.1 Å². The van der Waals surface area contributed by atoms with E-state index >= 15 is 0 Å². The molecule has 0 saturated carbocycles. The van der Waals surface area contributed by atoms with E-state index in [2.05, 4.69) is 5.32 Å². The molecule has 0 unspecified atom stereocenters. The zero-order valence-electron chi connectivity index (χ0n) is 8.61. The number of amides is 2. The smallest absolute Gasteiger partial charge is 0.239 e. The highest BCUT2D eigenvalue weighted by atomic mass is 16.3. The summed E-state index contributed by atoms with van der Waals surface area (Å²) in [5, 5.41) is 11.0. The molecule has 1 fully saturated rings. The number of likely N-dealkylation sites (tertiary alicyclic amines) is 1. The molecule has 6 nitrogen and oxygen atoms in total. The van der Waals surface area contributed by atoms with Crippen LogP contribution in [0.25, 0.3) is 0 Å². The van der Waals surface area contributed by atoms with Gasteiger partial charge in [-0.3, -0.25) is 9.59 Å². The minimum absolute atomic E-state index is 0.0343. The molecule has 0 aromatic rings. The van der Waals surface area contributed by atoms with Gasteiger partial charge in [0.1, 0.15) is 0 Å². The SMILES string of the molecule is N[C@@H]1CCCN(CC(=O)NCCO)C1=O. The van der Waals surface area contributed by atoms with Gasteiger partial charge in [-0.05, 0) is 12.8 Å². The average Bonchev–Trinajstić information content (AvgIpc) is 2.22. The van der Waals surface area contributed by atoms with Gasteiger partial charge in [-0.1, -0.05) is 0 Å². The third-order valence-electron chi connectivity index (χ3n) is 2.34. The van der Waals surface area contributed by atoms with E-state index in [0.29, 0.717) is 13.0 Å². The maximum Gasteiger partial charge on any atom is 0.239 e. The Kier molecular flexibility index (Phi) is 4.51. The van der Waals surface area contributed by atoms with Crippen molar-refractivity contribution in [2.75, 3.05) is 26.2 Å². The van der Waals surface area contributed by atoms with E-state index in [9.17, 15) is 9.59 Å². The van der Waals surface area contributed by atoms with Gasteiger partial charge in [-0.25, -0.2) is 0 Å². The molecule has 1 aliphatic heterocycles. The zero-order valence-corrected chi connectivity index (χ0v) is 8.61. The van der Waals surface area contributed by atoms with Crippen molar-refractivity contribution in [3.05, 3.63) is 0 Å². The highest BCUT2D eigenvalue weighted by Gasteiger charge is 2.26. The van der Waals surface area contributed by atoms with E-state index in [0.717, 1.165) is 6.42 Å². The van der Waals surface area contributed by atoms with E-state index in [1.54, 1.807) is 0 Å². The van der Waals surface area contributed by atoms with Crippen LogP contribution in [0.4, 0.5) is 0 Å². The lowest BCUT2D eigenvalue weighted by molar-refractivity contribution is -0.139. The number of hydrogen-bond donors (Lipinski definition) is 3. The molecule has 2 amide bonds. The van der Waals surface area contributed by atoms with E-state index in [4.69, 9.17) is 10.8 Å². The van der Waals surface area contributed by atoms with Gasteiger partial charge in [0.05, 0.1) is 19.2 Å². The van der Waals surface area contributed by atoms with Crippen LogP contribution in [0.5, 0.6) is 0 Å². The number of piperidine rings is 1. The molecule has 0 aromatic heterocycles. The largest absolute Gasteiger partial charge is 0.395 e. The fourth-order valence-corrected chi connectivity index (χ4v) is 1.55. The first-order valence-corrected chi connectivity index (χ1v) is 5.07. The second kappa shape index (κ2) is 5.67. The number of nitrogens with zero attached hydrogens (tertiary/aromatic N) is 1. The fourth-order valence-electron chi connectivity index (χ4n) is 1.55. The second-order valence-corrected chi connectivity index (χ2v) is 3.58. The van der Waals surface area contributed by atoms with Crippen LogP contribution in [0, 0.1) is 0 Å². The fraction of sp³-hybridized carbons (Fsp3) is 0.778. The summed E-state index contributed by atoms with van der Waals surface area (Å²) in [5.74, 6) is -0.424. The lowest BCUT2D eigenvalue weighted by atomic mass is 10.1. The third kappa shape index (κ3) is 3.49. The molecule has 0 spiro atoms. The van der Waals surface area contributed by atoms with Crippen molar-refractivity contribution in [2.45, 2.75) is 18.9 Å². The molecule has 1 aliphatic rings. The van der Waals surface area contributed by atoms with Crippen molar-refractivity contribution < 1.29 is 14.7 Å². The Morgan fingerprint density at radius 3 is 3.07 bits per heavy atom. The molecule has 1 atom stereocenters. The topological polar surface area (TPSA) is 95.7 Å². The first-order chi connectivity index (χ1) is 7.15. The maximum absolute atomic E-state index is 11.5. The van der Waals surface area contributed by atoms with Crippen LogP contribution in [0.15, 0.2) is 0 Å². The average molecular weight is 215 g/mol. The number of aliphatic hydroxyl groups excluding tert-OH is 1. The van der Waals surface area contributed by atoms with Crippen molar-refractivity contribution >= 4 is 11.8 Å². The van der Waals surface area contributed by atoms with Gasteiger partial charge in [-0.2, -0.15) is 0 Å². The molecule has 0 bridgehead atoms. The predicted octanol–water partition coefficient (Wildman–Crippen LogP) is -1.96. The predicted molar refractivity (Wildman–Crippen MR) is 53.9 cm³/mol. The van der Waals surface area contributed by atoms with Crippen molar-refractivity contribution in [1.29, 1.82) is 0 Å². The summed E-state index contributed by atoms with van der Waals surface area (Å²) in [7, 11) is 0. The normalized spacial score (nSPS) is 21.6. The van der Waals surface area contributed by atoms with Gasteiger partial charge >= 0.3 is 0 Å². The Balaban J connectivity index is 2.36. The highest BCUT2D eigenvalue weighted by Crippen LogP contribution is 2.08. The number of rotatable bonds is 4. The number of nitrogens with one attached hydrogen (secondary N) is 1. The van der Waals surface area contributed by atoms with Crippen LogP contribution in [0.3, 0.4) is 0 Å². The summed E-state index contributed by atoms with van der Waals surface area (Å²) in [6.07, 6.45) is 1.52. The van der Waals surface area contributed by atoms with Crippen LogP contribution >= 0.6 is 0 Å². The molecule has 0 aromatic carbocycles. The molecule has 4 N–H and O–H groups in total. The van der Waals surface area contributed by atoms with Crippen LogP contribution < -0.4 is 11.1 Å². The molecule has 0 aliphatic carbocycles. The third-order valence-corrected chi connectivity index (χ3v) is 2.34. The van der Waals surface area contributed by atoms with Crippen LogP contribution in [0.1, 0.15) is 12.8 Å². The van der Waals surface area contributed by atoms with E-state index in [-0.39, 0.29) is 31.5 Å².